The largest absolute Gasteiger partial charge is 0.378 e. The maximum atomic E-state index is 12.6. The maximum Gasteiger partial charge on any atom is 0.251 e. The van der Waals surface area contributed by atoms with Gasteiger partial charge in [0.2, 0.25) is 0 Å². The van der Waals surface area contributed by atoms with Crippen LogP contribution in [0.25, 0.3) is 0 Å². The fraction of sp³-hybridized carbons (Fsp3) is 0.611. The van der Waals surface area contributed by atoms with Gasteiger partial charge in [0.15, 0.2) is 0 Å². The summed E-state index contributed by atoms with van der Waals surface area (Å²) in [4.78, 5) is 14.9. The Balaban J connectivity index is 1.68. The second-order valence-corrected chi connectivity index (χ2v) is 6.74. The lowest BCUT2D eigenvalue weighted by Gasteiger charge is -2.20. The molecule has 0 spiro atoms. The molecule has 1 aliphatic carbocycles. The van der Waals surface area contributed by atoms with Gasteiger partial charge in [0.25, 0.3) is 5.91 Å². The van der Waals surface area contributed by atoms with Gasteiger partial charge in [-0.2, -0.15) is 0 Å². The van der Waals surface area contributed by atoms with Crippen LogP contribution in [0.2, 0.25) is 0 Å². The highest BCUT2D eigenvalue weighted by molar-refractivity contribution is 5.94. The fourth-order valence-corrected chi connectivity index (χ4v) is 3.57. The Kier molecular flexibility index (Phi) is 4.50. The Bertz CT molecular complexity index is 556. The van der Waals surface area contributed by atoms with Crippen molar-refractivity contribution in [1.29, 1.82) is 0 Å². The number of fused-ring (bicyclic) bond motifs is 1. The summed E-state index contributed by atoms with van der Waals surface area (Å²) >= 11 is 0. The summed E-state index contributed by atoms with van der Waals surface area (Å²) in [5, 5.41) is 3.17. The number of hydrogen-bond acceptors (Lipinski definition) is 3. The van der Waals surface area contributed by atoms with Crippen molar-refractivity contribution in [3.8, 4) is 0 Å². The molecule has 1 fully saturated rings. The van der Waals surface area contributed by atoms with Crippen LogP contribution in [0.3, 0.4) is 0 Å². The van der Waals surface area contributed by atoms with E-state index in [0.29, 0.717) is 6.04 Å². The smallest absolute Gasteiger partial charge is 0.251 e. The Morgan fingerprint density at radius 2 is 2.05 bits per heavy atom. The Morgan fingerprint density at radius 1 is 1.27 bits per heavy atom. The molecule has 0 bridgehead atoms. The first kappa shape index (κ1) is 15.5. The summed E-state index contributed by atoms with van der Waals surface area (Å²) in [6, 6.07) is 6.67. The molecule has 1 aromatic carbocycles. The van der Waals surface area contributed by atoms with Gasteiger partial charge in [-0.15, -0.1) is 0 Å². The van der Waals surface area contributed by atoms with E-state index in [1.165, 1.54) is 17.5 Å². The molecule has 1 heterocycles. The molecule has 22 heavy (non-hydrogen) atoms. The Labute approximate surface area is 132 Å². The van der Waals surface area contributed by atoms with E-state index in [-0.39, 0.29) is 18.1 Å². The lowest BCUT2D eigenvalue weighted by Crippen LogP contribution is -2.43. The van der Waals surface area contributed by atoms with Crippen LogP contribution in [0.15, 0.2) is 18.2 Å². The van der Waals surface area contributed by atoms with Crippen LogP contribution in [0.5, 0.6) is 0 Å². The third-order valence-corrected chi connectivity index (χ3v) is 5.00. The lowest BCUT2D eigenvalue weighted by atomic mass is 10.1. The SMILES string of the molecule is CO[C@H]1CN(C(C)C)C[C@@H]1NC(=O)c1ccc2c(c1)CCC2. The second-order valence-electron chi connectivity index (χ2n) is 6.74. The Morgan fingerprint density at radius 3 is 2.77 bits per heavy atom. The van der Waals surface area contributed by atoms with Crippen molar-refractivity contribution < 1.29 is 9.53 Å². The maximum absolute atomic E-state index is 12.6. The van der Waals surface area contributed by atoms with E-state index in [4.69, 9.17) is 4.74 Å². The van der Waals surface area contributed by atoms with Crippen molar-refractivity contribution in [2.75, 3.05) is 20.2 Å². The van der Waals surface area contributed by atoms with Crippen LogP contribution in [-0.2, 0) is 17.6 Å². The van der Waals surface area contributed by atoms with Gasteiger partial charge < -0.3 is 10.1 Å². The molecular weight excluding hydrogens is 276 g/mol. The third-order valence-electron chi connectivity index (χ3n) is 5.00. The standard InChI is InChI=1S/C18H26N2O2/c1-12(2)20-10-16(17(11-20)22-3)19-18(21)15-8-7-13-5-4-6-14(13)9-15/h7-9,12,16-17H,4-6,10-11H2,1-3H3,(H,19,21)/t16-,17-/m0/s1. The number of nitrogens with one attached hydrogen (secondary N) is 1. The molecule has 4 heteroatoms. The predicted octanol–water partition coefficient (Wildman–Crippen LogP) is 2.01. The number of ether oxygens (including phenoxy) is 1. The average Bonchev–Trinajstić information content (AvgIpc) is 3.12. The number of amides is 1. The van der Waals surface area contributed by atoms with Gasteiger partial charge in [-0.1, -0.05) is 6.07 Å². The van der Waals surface area contributed by atoms with E-state index in [0.717, 1.165) is 31.5 Å². The van der Waals surface area contributed by atoms with E-state index in [1.807, 2.05) is 6.07 Å². The molecule has 0 aromatic heterocycles. The summed E-state index contributed by atoms with van der Waals surface area (Å²) in [6.07, 6.45) is 3.52. The summed E-state index contributed by atoms with van der Waals surface area (Å²) in [5.74, 6) is 0.0207. The van der Waals surface area contributed by atoms with E-state index in [9.17, 15) is 4.79 Å². The van der Waals surface area contributed by atoms with E-state index < -0.39 is 0 Å². The molecule has 1 aromatic rings. The molecule has 2 aliphatic rings. The minimum Gasteiger partial charge on any atom is -0.378 e. The first-order valence-electron chi connectivity index (χ1n) is 8.28. The number of benzene rings is 1. The highest BCUT2D eigenvalue weighted by Crippen LogP contribution is 2.23. The molecule has 0 radical (unpaired) electrons. The summed E-state index contributed by atoms with van der Waals surface area (Å²) in [5.41, 5.74) is 3.52. The highest BCUT2D eigenvalue weighted by atomic mass is 16.5. The minimum atomic E-state index is 0.0207. The first-order valence-corrected chi connectivity index (χ1v) is 8.28. The molecule has 3 rings (SSSR count). The van der Waals surface area contributed by atoms with Crippen LogP contribution in [0.4, 0.5) is 0 Å². The molecule has 1 amide bonds. The van der Waals surface area contributed by atoms with Gasteiger partial charge >= 0.3 is 0 Å². The van der Waals surface area contributed by atoms with Crippen molar-refractivity contribution in [3.63, 3.8) is 0 Å². The van der Waals surface area contributed by atoms with Crippen molar-refractivity contribution >= 4 is 5.91 Å². The zero-order valence-corrected chi connectivity index (χ0v) is 13.8. The monoisotopic (exact) mass is 302 g/mol. The molecule has 120 valence electrons. The second kappa shape index (κ2) is 6.39. The first-order chi connectivity index (χ1) is 10.6. The zero-order valence-electron chi connectivity index (χ0n) is 13.8. The van der Waals surface area contributed by atoms with Crippen LogP contribution in [-0.4, -0.2) is 49.2 Å². The molecule has 1 N–H and O–H groups in total. The number of aryl methyl sites for hydroxylation is 2. The van der Waals surface area contributed by atoms with Crippen LogP contribution in [0.1, 0.15) is 41.8 Å². The molecule has 0 saturated carbocycles. The average molecular weight is 302 g/mol. The van der Waals surface area contributed by atoms with Gasteiger partial charge in [0.05, 0.1) is 12.1 Å². The number of likely N-dealkylation sites (tertiary alicyclic amines) is 1. The molecule has 1 saturated heterocycles. The van der Waals surface area contributed by atoms with Gasteiger partial charge in [0, 0.05) is 31.8 Å². The zero-order chi connectivity index (χ0) is 15.7. The number of nitrogens with zero attached hydrogens (tertiary/aromatic N) is 1. The molecule has 2 atom stereocenters. The van der Waals surface area contributed by atoms with Gasteiger partial charge in [0.1, 0.15) is 0 Å². The van der Waals surface area contributed by atoms with Crippen molar-refractivity contribution in [2.45, 2.75) is 51.3 Å². The van der Waals surface area contributed by atoms with Crippen molar-refractivity contribution in [2.24, 2.45) is 0 Å². The van der Waals surface area contributed by atoms with Gasteiger partial charge in [-0.05, 0) is 56.4 Å². The Hall–Kier alpha value is -1.39. The third kappa shape index (κ3) is 3.03. The number of rotatable bonds is 4. The van der Waals surface area contributed by atoms with E-state index >= 15 is 0 Å². The quantitative estimate of drug-likeness (QED) is 0.925. The van der Waals surface area contributed by atoms with Crippen LogP contribution < -0.4 is 5.32 Å². The van der Waals surface area contributed by atoms with E-state index in [2.05, 4.69) is 36.2 Å². The lowest BCUT2D eigenvalue weighted by molar-refractivity contribution is 0.0753. The number of carbonyl (C=O) groups is 1. The summed E-state index contributed by atoms with van der Waals surface area (Å²) in [6.45, 7) is 6.09. The van der Waals surface area contributed by atoms with Crippen molar-refractivity contribution in [1.82, 2.24) is 10.2 Å². The van der Waals surface area contributed by atoms with Crippen molar-refractivity contribution in [3.05, 3.63) is 34.9 Å². The van der Waals surface area contributed by atoms with Gasteiger partial charge in [-0.25, -0.2) is 0 Å². The van der Waals surface area contributed by atoms with Gasteiger partial charge in [-0.3, -0.25) is 9.69 Å². The molecule has 0 unspecified atom stereocenters. The summed E-state index contributed by atoms with van der Waals surface area (Å²) in [7, 11) is 1.73. The number of carbonyl (C=O) groups excluding carboxylic acids is 1. The highest BCUT2D eigenvalue weighted by Gasteiger charge is 2.35. The van der Waals surface area contributed by atoms with Crippen LogP contribution >= 0.6 is 0 Å². The minimum absolute atomic E-state index is 0.0207. The number of methoxy groups -OCH3 is 1. The molecule has 4 nitrogen and oxygen atoms in total. The van der Waals surface area contributed by atoms with E-state index in [1.54, 1.807) is 7.11 Å². The molecular formula is C18H26N2O2. The molecule has 1 aliphatic heterocycles. The normalized spacial score (nSPS) is 24.7. The van der Waals surface area contributed by atoms with Crippen LogP contribution in [0, 0.1) is 0 Å². The predicted molar refractivity (Wildman–Crippen MR) is 87.2 cm³/mol. The number of hydrogen-bond donors (Lipinski definition) is 1. The topological polar surface area (TPSA) is 41.6 Å². The fourth-order valence-electron chi connectivity index (χ4n) is 3.57. The summed E-state index contributed by atoms with van der Waals surface area (Å²) < 4.78 is 5.56.